The molecule has 0 aliphatic carbocycles. The standard InChI is InChI=1S/C24H41ClN2O3/c1-2-3-4-5-6-7-8-9-10-11-17-27(18-16-26-24(29)30-20-19-28)21-22-12-14-23(25)15-13-22/h12-15,28H,2-11,16-21H2,1H3,(H,26,29). The van der Waals surface area contributed by atoms with E-state index in [2.05, 4.69) is 29.3 Å². The number of alkyl carbamates (subject to hydrolysis) is 1. The van der Waals surface area contributed by atoms with Gasteiger partial charge in [0, 0.05) is 24.7 Å². The third kappa shape index (κ3) is 14.6. The lowest BCUT2D eigenvalue weighted by Crippen LogP contribution is -2.35. The van der Waals surface area contributed by atoms with Crippen molar-refractivity contribution in [3.05, 3.63) is 34.9 Å². The van der Waals surface area contributed by atoms with Crippen molar-refractivity contribution >= 4 is 17.7 Å². The molecule has 1 aromatic rings. The first-order valence-corrected chi connectivity index (χ1v) is 12.0. The highest BCUT2D eigenvalue weighted by Gasteiger charge is 2.08. The molecule has 0 saturated carbocycles. The van der Waals surface area contributed by atoms with Crippen LogP contribution in [0.15, 0.2) is 24.3 Å². The number of carbonyl (C=O) groups is 1. The van der Waals surface area contributed by atoms with Crippen LogP contribution in [0.5, 0.6) is 0 Å². The average Bonchev–Trinajstić information content (AvgIpc) is 2.75. The third-order valence-electron chi connectivity index (χ3n) is 5.17. The second-order valence-corrected chi connectivity index (χ2v) is 8.31. The van der Waals surface area contributed by atoms with Gasteiger partial charge in [0.1, 0.15) is 6.61 Å². The van der Waals surface area contributed by atoms with Crippen LogP contribution in [0.1, 0.15) is 76.7 Å². The van der Waals surface area contributed by atoms with Crippen LogP contribution in [0.3, 0.4) is 0 Å². The lowest BCUT2D eigenvalue weighted by molar-refractivity contribution is 0.118. The van der Waals surface area contributed by atoms with E-state index < -0.39 is 6.09 Å². The summed E-state index contributed by atoms with van der Waals surface area (Å²) in [6.07, 6.45) is 12.8. The molecule has 0 aliphatic heterocycles. The van der Waals surface area contributed by atoms with Crippen LogP contribution in [0.25, 0.3) is 0 Å². The molecule has 0 fully saturated rings. The predicted molar refractivity (Wildman–Crippen MR) is 125 cm³/mol. The summed E-state index contributed by atoms with van der Waals surface area (Å²) in [4.78, 5) is 13.9. The van der Waals surface area contributed by atoms with Gasteiger partial charge in [0.05, 0.1) is 6.61 Å². The Hall–Kier alpha value is -1.30. The largest absolute Gasteiger partial charge is 0.447 e. The van der Waals surface area contributed by atoms with Crippen LogP contribution in [0, 0.1) is 0 Å². The number of amides is 1. The van der Waals surface area contributed by atoms with Crippen molar-refractivity contribution in [2.45, 2.75) is 77.7 Å². The number of aliphatic hydroxyl groups excluding tert-OH is 1. The molecule has 6 heteroatoms. The fourth-order valence-corrected chi connectivity index (χ4v) is 3.57. The Balaban J connectivity index is 2.27. The van der Waals surface area contributed by atoms with Crippen LogP contribution in [-0.2, 0) is 11.3 Å². The Morgan fingerprint density at radius 2 is 1.57 bits per heavy atom. The van der Waals surface area contributed by atoms with Gasteiger partial charge in [-0.1, -0.05) is 88.4 Å². The Labute approximate surface area is 188 Å². The molecule has 1 aromatic carbocycles. The first kappa shape index (κ1) is 26.7. The van der Waals surface area contributed by atoms with Crippen LogP contribution >= 0.6 is 11.6 Å². The van der Waals surface area contributed by atoms with E-state index in [0.29, 0.717) is 6.54 Å². The SMILES string of the molecule is CCCCCCCCCCCCN(CCNC(=O)OCCO)Cc1ccc(Cl)cc1. The van der Waals surface area contributed by atoms with Crippen molar-refractivity contribution in [1.29, 1.82) is 0 Å². The van der Waals surface area contributed by atoms with E-state index in [4.69, 9.17) is 21.4 Å². The lowest BCUT2D eigenvalue weighted by atomic mass is 10.1. The quantitative estimate of drug-likeness (QED) is 0.284. The fourth-order valence-electron chi connectivity index (χ4n) is 3.45. The van der Waals surface area contributed by atoms with Gasteiger partial charge in [-0.15, -0.1) is 0 Å². The number of halogens is 1. The second-order valence-electron chi connectivity index (χ2n) is 7.87. The molecule has 30 heavy (non-hydrogen) atoms. The predicted octanol–water partition coefficient (Wildman–Crippen LogP) is 5.78. The Bertz CT molecular complexity index is 540. The minimum Gasteiger partial charge on any atom is -0.447 e. The third-order valence-corrected chi connectivity index (χ3v) is 5.42. The summed E-state index contributed by atoms with van der Waals surface area (Å²) in [7, 11) is 0. The highest BCUT2D eigenvalue weighted by molar-refractivity contribution is 6.30. The summed E-state index contributed by atoms with van der Waals surface area (Å²) in [6, 6.07) is 7.94. The summed E-state index contributed by atoms with van der Waals surface area (Å²) in [5, 5.41) is 12.2. The number of benzene rings is 1. The monoisotopic (exact) mass is 440 g/mol. The van der Waals surface area contributed by atoms with Gasteiger partial charge in [-0.3, -0.25) is 4.90 Å². The molecule has 0 unspecified atom stereocenters. The number of nitrogens with zero attached hydrogens (tertiary/aromatic N) is 1. The molecule has 172 valence electrons. The summed E-state index contributed by atoms with van der Waals surface area (Å²) in [5.74, 6) is 0. The normalized spacial score (nSPS) is 11.1. The first-order chi connectivity index (χ1) is 14.7. The van der Waals surface area contributed by atoms with E-state index in [1.165, 1.54) is 69.8 Å². The van der Waals surface area contributed by atoms with Gasteiger partial charge in [0.2, 0.25) is 0 Å². The molecule has 0 heterocycles. The molecular formula is C24H41ClN2O3. The van der Waals surface area contributed by atoms with Crippen LogP contribution < -0.4 is 5.32 Å². The van der Waals surface area contributed by atoms with Gasteiger partial charge >= 0.3 is 6.09 Å². The van der Waals surface area contributed by atoms with Crippen molar-refractivity contribution in [1.82, 2.24) is 10.2 Å². The van der Waals surface area contributed by atoms with Gasteiger partial charge in [0.25, 0.3) is 0 Å². The molecule has 5 nitrogen and oxygen atoms in total. The van der Waals surface area contributed by atoms with Gasteiger partial charge in [-0.2, -0.15) is 0 Å². The average molecular weight is 441 g/mol. The van der Waals surface area contributed by atoms with E-state index in [1.807, 2.05) is 12.1 Å². The number of rotatable bonds is 18. The summed E-state index contributed by atoms with van der Waals surface area (Å²) in [6.45, 7) is 5.25. The highest BCUT2D eigenvalue weighted by Crippen LogP contribution is 2.13. The minimum absolute atomic E-state index is 0.0267. The zero-order valence-electron chi connectivity index (χ0n) is 18.7. The van der Waals surface area contributed by atoms with E-state index >= 15 is 0 Å². The van der Waals surface area contributed by atoms with Gasteiger partial charge in [-0.25, -0.2) is 4.79 Å². The molecule has 1 rings (SSSR count). The van der Waals surface area contributed by atoms with Gasteiger partial charge in [-0.05, 0) is 30.7 Å². The van der Waals surface area contributed by atoms with E-state index in [-0.39, 0.29) is 13.2 Å². The Kier molecular flexibility index (Phi) is 16.5. The molecule has 0 atom stereocenters. The molecule has 0 bridgehead atoms. The molecular weight excluding hydrogens is 400 g/mol. The number of hydrogen-bond acceptors (Lipinski definition) is 4. The van der Waals surface area contributed by atoms with Crippen LogP contribution in [-0.4, -0.2) is 48.9 Å². The smallest absolute Gasteiger partial charge is 0.407 e. The van der Waals surface area contributed by atoms with Crippen molar-refractivity contribution in [3.8, 4) is 0 Å². The van der Waals surface area contributed by atoms with Crippen LogP contribution in [0.2, 0.25) is 5.02 Å². The van der Waals surface area contributed by atoms with Crippen LogP contribution in [0.4, 0.5) is 4.79 Å². The van der Waals surface area contributed by atoms with E-state index in [1.54, 1.807) is 0 Å². The Morgan fingerprint density at radius 1 is 0.967 bits per heavy atom. The van der Waals surface area contributed by atoms with Crippen molar-refractivity contribution < 1.29 is 14.6 Å². The highest BCUT2D eigenvalue weighted by atomic mass is 35.5. The molecule has 0 spiro atoms. The molecule has 0 saturated heterocycles. The number of unbranched alkanes of at least 4 members (excludes halogenated alkanes) is 9. The van der Waals surface area contributed by atoms with Gasteiger partial charge < -0.3 is 15.2 Å². The maximum absolute atomic E-state index is 11.5. The molecule has 0 aromatic heterocycles. The van der Waals surface area contributed by atoms with E-state index in [0.717, 1.165) is 24.7 Å². The topological polar surface area (TPSA) is 61.8 Å². The zero-order chi connectivity index (χ0) is 21.9. The molecule has 2 N–H and O–H groups in total. The second kappa shape index (κ2) is 18.5. The Morgan fingerprint density at radius 3 is 2.17 bits per heavy atom. The van der Waals surface area contributed by atoms with Crippen molar-refractivity contribution in [2.24, 2.45) is 0 Å². The summed E-state index contributed by atoms with van der Waals surface area (Å²) in [5.41, 5.74) is 1.22. The van der Waals surface area contributed by atoms with Gasteiger partial charge in [0.15, 0.2) is 0 Å². The molecule has 0 aliphatic rings. The maximum atomic E-state index is 11.5. The lowest BCUT2D eigenvalue weighted by Gasteiger charge is -2.22. The van der Waals surface area contributed by atoms with E-state index in [9.17, 15) is 4.79 Å². The summed E-state index contributed by atoms with van der Waals surface area (Å²) < 4.78 is 4.84. The number of hydrogen-bond donors (Lipinski definition) is 2. The van der Waals surface area contributed by atoms with Crippen molar-refractivity contribution in [2.75, 3.05) is 32.8 Å². The number of ether oxygens (including phenoxy) is 1. The fraction of sp³-hybridized carbons (Fsp3) is 0.708. The zero-order valence-corrected chi connectivity index (χ0v) is 19.5. The summed E-state index contributed by atoms with van der Waals surface area (Å²) >= 11 is 5.99. The number of nitrogens with one attached hydrogen (secondary N) is 1. The minimum atomic E-state index is -0.477. The molecule has 1 amide bonds. The van der Waals surface area contributed by atoms with Crippen molar-refractivity contribution in [3.63, 3.8) is 0 Å². The maximum Gasteiger partial charge on any atom is 0.407 e. The number of carbonyl (C=O) groups excluding carboxylic acids is 1. The molecule has 0 radical (unpaired) electrons. The first-order valence-electron chi connectivity index (χ1n) is 11.6. The number of aliphatic hydroxyl groups is 1.